The summed E-state index contributed by atoms with van der Waals surface area (Å²) in [5.74, 6) is 0.971. The number of rotatable bonds is 2. The quantitative estimate of drug-likeness (QED) is 0.761. The molecular formula is C13H20N2O3. The molecule has 18 heavy (non-hydrogen) atoms. The topological polar surface area (TPSA) is 58.6 Å². The lowest BCUT2D eigenvalue weighted by molar-refractivity contribution is -0.139. The third-order valence-electron chi connectivity index (χ3n) is 4.33. The van der Waals surface area contributed by atoms with Crippen molar-refractivity contribution in [3.63, 3.8) is 0 Å². The van der Waals surface area contributed by atoms with Crippen molar-refractivity contribution in [2.45, 2.75) is 37.9 Å². The number of hydrogen-bond acceptors (Lipinski definition) is 3. The van der Waals surface area contributed by atoms with E-state index in [1.165, 1.54) is 0 Å². The molecular weight excluding hydrogens is 232 g/mol. The number of likely N-dealkylation sites (N-methyl/N-ethyl adjacent to an activating group) is 1. The van der Waals surface area contributed by atoms with Crippen LogP contribution in [0.25, 0.3) is 0 Å². The summed E-state index contributed by atoms with van der Waals surface area (Å²) < 4.78 is 5.79. The van der Waals surface area contributed by atoms with E-state index in [0.29, 0.717) is 18.4 Å². The summed E-state index contributed by atoms with van der Waals surface area (Å²) in [6.07, 6.45) is 3.60. The molecule has 1 aliphatic carbocycles. The zero-order valence-corrected chi connectivity index (χ0v) is 10.7. The minimum Gasteiger partial charge on any atom is -0.363 e. The Morgan fingerprint density at radius 1 is 1.28 bits per heavy atom. The molecule has 2 amide bonds. The first-order valence-corrected chi connectivity index (χ1v) is 6.85. The number of carbonyl (C=O) groups is 2. The Morgan fingerprint density at radius 2 is 2.06 bits per heavy atom. The predicted octanol–water partition coefficient (Wildman–Crippen LogP) is 0.148. The highest BCUT2D eigenvalue weighted by Crippen LogP contribution is 2.36. The maximum atomic E-state index is 12.0. The molecule has 1 N–H and O–H groups in total. The van der Waals surface area contributed by atoms with Gasteiger partial charge in [-0.05, 0) is 31.6 Å². The van der Waals surface area contributed by atoms with Crippen LogP contribution in [0.2, 0.25) is 0 Å². The van der Waals surface area contributed by atoms with E-state index in [0.717, 1.165) is 32.2 Å². The molecule has 0 aromatic rings. The summed E-state index contributed by atoms with van der Waals surface area (Å²) in [7, 11) is 1.64. The van der Waals surface area contributed by atoms with Gasteiger partial charge >= 0.3 is 0 Å². The lowest BCUT2D eigenvalue weighted by Gasteiger charge is -2.34. The number of amides is 2. The highest BCUT2D eigenvalue weighted by Gasteiger charge is 2.44. The SMILES string of the molecule is CNC(=O)[C@H]1C[C@@H]2CCN(C(=O)C3CC3)C[C@@H]2O1. The highest BCUT2D eigenvalue weighted by atomic mass is 16.5. The van der Waals surface area contributed by atoms with Gasteiger partial charge in [0.15, 0.2) is 0 Å². The van der Waals surface area contributed by atoms with Crippen LogP contribution in [0.5, 0.6) is 0 Å². The molecule has 3 atom stereocenters. The number of nitrogens with one attached hydrogen (secondary N) is 1. The van der Waals surface area contributed by atoms with Crippen LogP contribution >= 0.6 is 0 Å². The molecule has 0 aromatic carbocycles. The summed E-state index contributed by atoms with van der Waals surface area (Å²) in [4.78, 5) is 25.5. The van der Waals surface area contributed by atoms with Gasteiger partial charge in [0.1, 0.15) is 6.10 Å². The van der Waals surface area contributed by atoms with Crippen molar-refractivity contribution in [3.05, 3.63) is 0 Å². The summed E-state index contributed by atoms with van der Waals surface area (Å²) in [5.41, 5.74) is 0. The average Bonchev–Trinajstić information content (AvgIpc) is 3.15. The van der Waals surface area contributed by atoms with Gasteiger partial charge in [0.2, 0.25) is 11.8 Å². The van der Waals surface area contributed by atoms with E-state index in [1.807, 2.05) is 4.90 Å². The van der Waals surface area contributed by atoms with E-state index in [9.17, 15) is 9.59 Å². The normalized spacial score (nSPS) is 35.2. The molecule has 100 valence electrons. The fourth-order valence-electron chi connectivity index (χ4n) is 3.05. The van der Waals surface area contributed by atoms with Crippen molar-refractivity contribution in [2.24, 2.45) is 11.8 Å². The van der Waals surface area contributed by atoms with Crippen LogP contribution in [0.4, 0.5) is 0 Å². The molecule has 5 nitrogen and oxygen atoms in total. The first-order valence-electron chi connectivity index (χ1n) is 6.85. The lowest BCUT2D eigenvalue weighted by Crippen LogP contribution is -2.46. The molecule has 2 saturated heterocycles. The number of likely N-dealkylation sites (tertiary alicyclic amines) is 1. The van der Waals surface area contributed by atoms with Crippen molar-refractivity contribution in [1.29, 1.82) is 0 Å². The van der Waals surface area contributed by atoms with E-state index in [4.69, 9.17) is 4.74 Å². The zero-order valence-electron chi connectivity index (χ0n) is 10.7. The van der Waals surface area contributed by atoms with Crippen molar-refractivity contribution in [1.82, 2.24) is 10.2 Å². The van der Waals surface area contributed by atoms with Crippen LogP contribution in [-0.2, 0) is 14.3 Å². The standard InChI is InChI=1S/C13H20N2O3/c1-14-12(16)10-6-9-4-5-15(7-11(9)18-10)13(17)8-2-3-8/h8-11H,2-7H2,1H3,(H,14,16)/t9-,10+,11-/m0/s1. The van der Waals surface area contributed by atoms with Crippen molar-refractivity contribution in [3.8, 4) is 0 Å². The van der Waals surface area contributed by atoms with Crippen molar-refractivity contribution < 1.29 is 14.3 Å². The molecule has 3 fully saturated rings. The van der Waals surface area contributed by atoms with E-state index < -0.39 is 0 Å². The first-order chi connectivity index (χ1) is 8.69. The van der Waals surface area contributed by atoms with Crippen LogP contribution in [0.3, 0.4) is 0 Å². The Kier molecular flexibility index (Phi) is 3.01. The van der Waals surface area contributed by atoms with Gasteiger partial charge in [-0.1, -0.05) is 0 Å². The Labute approximate surface area is 107 Å². The van der Waals surface area contributed by atoms with E-state index in [2.05, 4.69) is 5.32 Å². The summed E-state index contributed by atoms with van der Waals surface area (Å²) >= 11 is 0. The summed E-state index contributed by atoms with van der Waals surface area (Å²) in [6.45, 7) is 1.51. The maximum Gasteiger partial charge on any atom is 0.248 e. The third-order valence-corrected chi connectivity index (χ3v) is 4.33. The Morgan fingerprint density at radius 3 is 2.72 bits per heavy atom. The molecule has 5 heteroatoms. The largest absolute Gasteiger partial charge is 0.363 e. The molecule has 0 radical (unpaired) electrons. The second-order valence-corrected chi connectivity index (χ2v) is 5.62. The summed E-state index contributed by atoms with van der Waals surface area (Å²) in [6, 6.07) is 0. The average molecular weight is 252 g/mol. The monoisotopic (exact) mass is 252 g/mol. The minimum atomic E-state index is -0.319. The number of nitrogens with zero attached hydrogens (tertiary/aromatic N) is 1. The summed E-state index contributed by atoms with van der Waals surface area (Å²) in [5, 5.41) is 2.63. The number of fused-ring (bicyclic) bond motifs is 1. The van der Waals surface area contributed by atoms with Gasteiger partial charge in [-0.15, -0.1) is 0 Å². The first kappa shape index (κ1) is 12.0. The highest BCUT2D eigenvalue weighted by molar-refractivity contribution is 5.82. The van der Waals surface area contributed by atoms with E-state index in [-0.39, 0.29) is 24.0 Å². The fourth-order valence-corrected chi connectivity index (χ4v) is 3.05. The van der Waals surface area contributed by atoms with Crippen LogP contribution in [0.15, 0.2) is 0 Å². The molecule has 0 aromatic heterocycles. The van der Waals surface area contributed by atoms with Gasteiger partial charge < -0.3 is 15.0 Å². The number of carbonyl (C=O) groups excluding carboxylic acids is 2. The predicted molar refractivity (Wildman–Crippen MR) is 64.8 cm³/mol. The Balaban J connectivity index is 1.59. The maximum absolute atomic E-state index is 12.0. The third kappa shape index (κ3) is 2.11. The second kappa shape index (κ2) is 4.53. The molecule has 3 rings (SSSR count). The molecule has 2 heterocycles. The van der Waals surface area contributed by atoms with Gasteiger partial charge in [0.25, 0.3) is 0 Å². The Hall–Kier alpha value is -1.10. The van der Waals surface area contributed by atoms with E-state index >= 15 is 0 Å². The lowest BCUT2D eigenvalue weighted by atomic mass is 9.91. The number of piperidine rings is 1. The van der Waals surface area contributed by atoms with Gasteiger partial charge in [0, 0.05) is 26.1 Å². The molecule has 0 unspecified atom stereocenters. The fraction of sp³-hybridized carbons (Fsp3) is 0.846. The molecule has 3 aliphatic rings. The Bertz CT molecular complexity index is 367. The molecule has 0 spiro atoms. The van der Waals surface area contributed by atoms with Crippen LogP contribution in [0.1, 0.15) is 25.7 Å². The van der Waals surface area contributed by atoms with Gasteiger partial charge in [0.05, 0.1) is 6.10 Å². The van der Waals surface area contributed by atoms with Crippen molar-refractivity contribution >= 4 is 11.8 Å². The second-order valence-electron chi connectivity index (χ2n) is 5.62. The number of hydrogen-bond donors (Lipinski definition) is 1. The molecule has 2 aliphatic heterocycles. The minimum absolute atomic E-state index is 0.0375. The number of ether oxygens (including phenoxy) is 1. The van der Waals surface area contributed by atoms with E-state index in [1.54, 1.807) is 7.05 Å². The zero-order chi connectivity index (χ0) is 12.7. The van der Waals surface area contributed by atoms with Crippen LogP contribution < -0.4 is 5.32 Å². The van der Waals surface area contributed by atoms with Gasteiger partial charge in [-0.25, -0.2) is 0 Å². The van der Waals surface area contributed by atoms with Crippen LogP contribution in [0, 0.1) is 11.8 Å². The van der Waals surface area contributed by atoms with Crippen molar-refractivity contribution in [2.75, 3.05) is 20.1 Å². The van der Waals surface area contributed by atoms with Crippen LogP contribution in [-0.4, -0.2) is 49.1 Å². The molecule has 0 bridgehead atoms. The molecule has 1 saturated carbocycles. The smallest absolute Gasteiger partial charge is 0.248 e. The van der Waals surface area contributed by atoms with Gasteiger partial charge in [-0.3, -0.25) is 9.59 Å². The van der Waals surface area contributed by atoms with Gasteiger partial charge in [-0.2, -0.15) is 0 Å².